The highest BCUT2D eigenvalue weighted by Crippen LogP contribution is 2.29. The predicted octanol–water partition coefficient (Wildman–Crippen LogP) is 4.19. The number of rotatable bonds is 6. The van der Waals surface area contributed by atoms with E-state index in [1.165, 1.54) is 16.5 Å². The average molecular weight is 284 g/mol. The molecule has 1 atom stereocenters. The molecule has 0 spiro atoms. The molecule has 0 saturated carbocycles. The van der Waals surface area contributed by atoms with Crippen LogP contribution in [-0.2, 0) is 0 Å². The van der Waals surface area contributed by atoms with E-state index in [4.69, 9.17) is 0 Å². The maximum absolute atomic E-state index is 3.65. The van der Waals surface area contributed by atoms with E-state index < -0.39 is 0 Å². The minimum atomic E-state index is 0.607. The summed E-state index contributed by atoms with van der Waals surface area (Å²) in [6, 6.07) is 8.57. The molecule has 1 aromatic rings. The largest absolute Gasteiger partial charge is 0.316 e. The molecule has 0 aliphatic carbocycles. The highest BCUT2D eigenvalue weighted by molar-refractivity contribution is 9.10. The summed E-state index contributed by atoms with van der Waals surface area (Å²) >= 11 is 3.65. The van der Waals surface area contributed by atoms with Crippen molar-refractivity contribution in [1.29, 1.82) is 0 Å². The number of hydrogen-bond donors (Lipinski definition) is 1. The lowest BCUT2D eigenvalue weighted by atomic mass is 9.90. The molecular weight excluding hydrogens is 262 g/mol. The van der Waals surface area contributed by atoms with Crippen LogP contribution >= 0.6 is 15.9 Å². The smallest absolute Gasteiger partial charge is 0.0210 e. The first-order valence-corrected chi connectivity index (χ1v) is 6.89. The lowest BCUT2D eigenvalue weighted by Gasteiger charge is -2.21. The minimum absolute atomic E-state index is 0.607. The van der Waals surface area contributed by atoms with Gasteiger partial charge in [-0.05, 0) is 36.4 Å². The van der Waals surface area contributed by atoms with E-state index in [0.29, 0.717) is 5.92 Å². The van der Waals surface area contributed by atoms with Gasteiger partial charge >= 0.3 is 0 Å². The monoisotopic (exact) mass is 283 g/mol. The molecule has 0 aromatic heterocycles. The molecule has 0 amide bonds. The number of hydrogen-bond acceptors (Lipinski definition) is 1. The van der Waals surface area contributed by atoms with Crippen LogP contribution in [0.1, 0.15) is 38.7 Å². The van der Waals surface area contributed by atoms with E-state index >= 15 is 0 Å². The van der Waals surface area contributed by atoms with Crippen LogP contribution in [0.15, 0.2) is 28.7 Å². The number of nitrogens with one attached hydrogen (secondary N) is 1. The third kappa shape index (κ3) is 4.26. The van der Waals surface area contributed by atoms with Gasteiger partial charge in [-0.2, -0.15) is 0 Å². The van der Waals surface area contributed by atoms with E-state index in [1.54, 1.807) is 0 Å². The summed E-state index contributed by atoms with van der Waals surface area (Å²) in [5, 5.41) is 3.46. The molecule has 0 fully saturated rings. The van der Waals surface area contributed by atoms with Crippen LogP contribution in [0, 0.1) is 5.92 Å². The van der Waals surface area contributed by atoms with E-state index in [0.717, 1.165) is 19.0 Å². The fourth-order valence-electron chi connectivity index (χ4n) is 2.01. The highest BCUT2D eigenvalue weighted by atomic mass is 79.9. The summed E-state index contributed by atoms with van der Waals surface area (Å²) in [5.74, 6) is 1.34. The van der Waals surface area contributed by atoms with Gasteiger partial charge in [-0.3, -0.25) is 0 Å². The number of benzene rings is 1. The molecular formula is C14H22BrN. The topological polar surface area (TPSA) is 12.0 Å². The lowest BCUT2D eigenvalue weighted by Crippen LogP contribution is -2.22. The normalized spacial score (nSPS) is 13.1. The van der Waals surface area contributed by atoms with Crippen molar-refractivity contribution in [3.05, 3.63) is 34.3 Å². The third-order valence-corrected chi connectivity index (χ3v) is 3.46. The second-order valence-electron chi connectivity index (χ2n) is 4.66. The second kappa shape index (κ2) is 7.08. The molecule has 1 aromatic carbocycles. The maximum atomic E-state index is 3.65. The SMILES string of the molecule is CCNCC(CC(C)C)c1ccccc1Br. The molecule has 0 heterocycles. The molecule has 0 bridgehead atoms. The minimum Gasteiger partial charge on any atom is -0.316 e. The molecule has 0 aliphatic heterocycles. The van der Waals surface area contributed by atoms with E-state index in [-0.39, 0.29) is 0 Å². The summed E-state index contributed by atoms with van der Waals surface area (Å²) < 4.78 is 1.23. The van der Waals surface area contributed by atoms with Crippen LogP contribution in [-0.4, -0.2) is 13.1 Å². The van der Waals surface area contributed by atoms with Crippen LogP contribution in [0.3, 0.4) is 0 Å². The Kier molecular flexibility index (Phi) is 6.07. The van der Waals surface area contributed by atoms with Crippen molar-refractivity contribution in [3.8, 4) is 0 Å². The van der Waals surface area contributed by atoms with Crippen LogP contribution in [0.2, 0.25) is 0 Å². The van der Waals surface area contributed by atoms with Crippen LogP contribution in [0.5, 0.6) is 0 Å². The van der Waals surface area contributed by atoms with E-state index in [2.05, 4.69) is 66.3 Å². The zero-order valence-electron chi connectivity index (χ0n) is 10.5. The predicted molar refractivity (Wildman–Crippen MR) is 74.9 cm³/mol. The fourth-order valence-corrected chi connectivity index (χ4v) is 2.62. The van der Waals surface area contributed by atoms with Gasteiger partial charge in [-0.1, -0.05) is 54.9 Å². The van der Waals surface area contributed by atoms with Crippen LogP contribution in [0.4, 0.5) is 0 Å². The molecule has 1 N–H and O–H groups in total. The van der Waals surface area contributed by atoms with Gasteiger partial charge in [0.05, 0.1) is 0 Å². The van der Waals surface area contributed by atoms with Gasteiger partial charge in [-0.25, -0.2) is 0 Å². The standard InChI is InChI=1S/C14H22BrN/c1-4-16-10-12(9-11(2)3)13-7-5-6-8-14(13)15/h5-8,11-12,16H,4,9-10H2,1-3H3. The quantitative estimate of drug-likeness (QED) is 0.826. The Morgan fingerprint density at radius 3 is 2.50 bits per heavy atom. The molecule has 0 radical (unpaired) electrons. The van der Waals surface area contributed by atoms with Crippen molar-refractivity contribution < 1.29 is 0 Å². The lowest BCUT2D eigenvalue weighted by molar-refractivity contribution is 0.474. The van der Waals surface area contributed by atoms with Gasteiger partial charge < -0.3 is 5.32 Å². The summed E-state index contributed by atoms with van der Waals surface area (Å²) in [5.41, 5.74) is 1.43. The van der Waals surface area contributed by atoms with Gasteiger partial charge in [-0.15, -0.1) is 0 Å². The van der Waals surface area contributed by atoms with Gasteiger partial charge in [0, 0.05) is 11.0 Å². The Labute approximate surface area is 108 Å². The first kappa shape index (κ1) is 13.7. The van der Waals surface area contributed by atoms with Crippen molar-refractivity contribution in [2.24, 2.45) is 5.92 Å². The Balaban J connectivity index is 2.78. The Bertz CT molecular complexity index is 309. The van der Waals surface area contributed by atoms with Crippen molar-refractivity contribution >= 4 is 15.9 Å². The van der Waals surface area contributed by atoms with Gasteiger partial charge in [0.2, 0.25) is 0 Å². The Hall–Kier alpha value is -0.340. The first-order valence-electron chi connectivity index (χ1n) is 6.10. The van der Waals surface area contributed by atoms with Crippen molar-refractivity contribution in [3.63, 3.8) is 0 Å². The zero-order valence-corrected chi connectivity index (χ0v) is 12.0. The van der Waals surface area contributed by atoms with Crippen molar-refractivity contribution in [2.75, 3.05) is 13.1 Å². The van der Waals surface area contributed by atoms with Gasteiger partial charge in [0.1, 0.15) is 0 Å². The summed E-state index contributed by atoms with van der Waals surface area (Å²) in [7, 11) is 0. The average Bonchev–Trinajstić information content (AvgIpc) is 2.24. The summed E-state index contributed by atoms with van der Waals surface area (Å²) in [6.07, 6.45) is 1.23. The molecule has 2 heteroatoms. The fraction of sp³-hybridized carbons (Fsp3) is 0.571. The van der Waals surface area contributed by atoms with E-state index in [9.17, 15) is 0 Å². The molecule has 0 aliphatic rings. The maximum Gasteiger partial charge on any atom is 0.0210 e. The van der Waals surface area contributed by atoms with Crippen molar-refractivity contribution in [2.45, 2.75) is 33.1 Å². The molecule has 1 rings (SSSR count). The molecule has 0 saturated heterocycles. The number of likely N-dealkylation sites (N-methyl/N-ethyl adjacent to an activating group) is 1. The summed E-state index contributed by atoms with van der Waals surface area (Å²) in [4.78, 5) is 0. The molecule has 16 heavy (non-hydrogen) atoms. The van der Waals surface area contributed by atoms with Crippen molar-refractivity contribution in [1.82, 2.24) is 5.32 Å². The second-order valence-corrected chi connectivity index (χ2v) is 5.51. The molecule has 1 unspecified atom stereocenters. The molecule has 90 valence electrons. The zero-order chi connectivity index (χ0) is 12.0. The van der Waals surface area contributed by atoms with Crippen LogP contribution < -0.4 is 5.32 Å². The van der Waals surface area contributed by atoms with Crippen LogP contribution in [0.25, 0.3) is 0 Å². The van der Waals surface area contributed by atoms with Gasteiger partial charge in [0.15, 0.2) is 0 Å². The Morgan fingerprint density at radius 1 is 1.25 bits per heavy atom. The summed E-state index contributed by atoms with van der Waals surface area (Å²) in [6.45, 7) is 8.84. The first-order chi connectivity index (χ1) is 7.65. The highest BCUT2D eigenvalue weighted by Gasteiger charge is 2.15. The molecule has 1 nitrogen and oxygen atoms in total. The third-order valence-electron chi connectivity index (χ3n) is 2.74. The van der Waals surface area contributed by atoms with Gasteiger partial charge in [0.25, 0.3) is 0 Å². The van der Waals surface area contributed by atoms with E-state index in [1.807, 2.05) is 0 Å². The Morgan fingerprint density at radius 2 is 1.94 bits per heavy atom. The number of halogens is 1.